The highest BCUT2D eigenvalue weighted by molar-refractivity contribution is 5.45. The first-order valence-electron chi connectivity index (χ1n) is 1.58. The lowest BCUT2D eigenvalue weighted by Crippen LogP contribution is -2.65. The molecule has 0 heterocycles. The molecule has 0 aromatic heterocycles. The van der Waals surface area contributed by atoms with Crippen LogP contribution in [0.2, 0.25) is 0 Å². The molecule has 0 aromatic carbocycles. The zero-order chi connectivity index (χ0) is 4.12. The molecule has 30 valence electrons. The first-order chi connectivity index (χ1) is 2.41. The summed E-state index contributed by atoms with van der Waals surface area (Å²) >= 11 is 0. The van der Waals surface area contributed by atoms with Crippen LogP contribution in [0.25, 0.3) is 0 Å². The molecule has 0 aliphatic heterocycles. The Labute approximate surface area is 31.9 Å². The molecule has 0 unspecified atom stereocenters. The molecular formula is C3H9N2+. The van der Waals surface area contributed by atoms with Gasteiger partial charge in [-0.15, -0.1) is 0 Å². The van der Waals surface area contributed by atoms with Crippen molar-refractivity contribution in [2.24, 2.45) is 0 Å². The van der Waals surface area contributed by atoms with E-state index in [2.05, 4.69) is 10.3 Å². The van der Waals surface area contributed by atoms with Crippen LogP contribution in [0.15, 0.2) is 0 Å². The standard InChI is InChI=1S/C3H8N2/c1-4-3-5-2/h3H,1-2H3,(H,4,5)/p+1. The highest BCUT2D eigenvalue weighted by Gasteiger charge is 1.54. The van der Waals surface area contributed by atoms with E-state index in [9.17, 15) is 0 Å². The Bertz CT molecular complexity index is 31.9. The summed E-state index contributed by atoms with van der Waals surface area (Å²) in [5.41, 5.74) is 0. The van der Waals surface area contributed by atoms with Gasteiger partial charge in [-0.1, -0.05) is 0 Å². The van der Waals surface area contributed by atoms with Crippen LogP contribution in [0.3, 0.4) is 0 Å². The molecule has 0 bridgehead atoms. The highest BCUT2D eigenvalue weighted by Crippen LogP contribution is 1.03. The third-order valence-electron chi connectivity index (χ3n) is 0.289. The molecule has 0 atom stereocenters. The fourth-order valence-corrected chi connectivity index (χ4v) is 0.144. The summed E-state index contributed by atoms with van der Waals surface area (Å²) < 4.78 is 0. The van der Waals surface area contributed by atoms with Crippen LogP contribution in [0, 0.1) is 0 Å². The molecule has 0 aliphatic rings. The largest absolute Gasteiger partial charge is 0.284 e. The van der Waals surface area contributed by atoms with Gasteiger partial charge in [0.2, 0.25) is 6.34 Å². The van der Waals surface area contributed by atoms with Gasteiger partial charge in [-0.25, -0.2) is 0 Å². The van der Waals surface area contributed by atoms with E-state index in [0.717, 1.165) is 0 Å². The van der Waals surface area contributed by atoms with Crippen LogP contribution >= 0.6 is 0 Å². The summed E-state index contributed by atoms with van der Waals surface area (Å²) in [4.78, 5) is 2.78. The van der Waals surface area contributed by atoms with Crippen molar-refractivity contribution in [3.05, 3.63) is 0 Å². The molecule has 2 N–H and O–H groups in total. The van der Waals surface area contributed by atoms with Crippen molar-refractivity contribution in [3.8, 4) is 0 Å². The van der Waals surface area contributed by atoms with Gasteiger partial charge in [-0.2, -0.15) is 0 Å². The molecule has 0 aromatic rings. The Hall–Kier alpha value is -0.530. The summed E-state index contributed by atoms with van der Waals surface area (Å²) in [6.45, 7) is 0. The maximum atomic E-state index is 2.78. The summed E-state index contributed by atoms with van der Waals surface area (Å²) in [6, 6.07) is 0. The van der Waals surface area contributed by atoms with Crippen LogP contribution in [0.5, 0.6) is 0 Å². The molecule has 0 saturated heterocycles. The Morgan fingerprint density at radius 2 is 2.40 bits per heavy atom. The van der Waals surface area contributed by atoms with E-state index in [0.29, 0.717) is 0 Å². The lowest BCUT2D eigenvalue weighted by atomic mass is 11.1. The summed E-state index contributed by atoms with van der Waals surface area (Å²) in [6.07, 6.45) is 1.75. The second-order valence-electron chi connectivity index (χ2n) is 0.722. The maximum Gasteiger partial charge on any atom is 0.229 e. The molecule has 0 saturated carbocycles. The smallest absolute Gasteiger partial charge is 0.229 e. The number of hydrogen-bond acceptors (Lipinski definition) is 0. The molecule has 2 nitrogen and oxygen atoms in total. The minimum Gasteiger partial charge on any atom is -0.284 e. The average molecular weight is 73.1 g/mol. The Morgan fingerprint density at radius 1 is 1.80 bits per heavy atom. The van der Waals surface area contributed by atoms with Gasteiger partial charge in [0.05, 0.1) is 14.1 Å². The minimum absolute atomic E-state index is 1.75. The Balaban J connectivity index is 2.62. The Morgan fingerprint density at radius 3 is 2.40 bits per heavy atom. The van der Waals surface area contributed by atoms with E-state index in [1.54, 1.807) is 6.34 Å². The Kier molecular flexibility index (Phi) is 3.10. The predicted molar refractivity (Wildman–Crippen MR) is 22.0 cm³/mol. The van der Waals surface area contributed by atoms with Crippen molar-refractivity contribution < 1.29 is 4.99 Å². The van der Waals surface area contributed by atoms with Crippen LogP contribution in [0.4, 0.5) is 0 Å². The third kappa shape index (κ3) is 3.47. The van der Waals surface area contributed by atoms with E-state index in [1.165, 1.54) is 0 Å². The van der Waals surface area contributed by atoms with Gasteiger partial charge in [0.15, 0.2) is 0 Å². The molecule has 2 heteroatoms. The van der Waals surface area contributed by atoms with Gasteiger partial charge in [0, 0.05) is 0 Å². The van der Waals surface area contributed by atoms with Gasteiger partial charge >= 0.3 is 0 Å². The van der Waals surface area contributed by atoms with Crippen LogP contribution < -0.4 is 10.3 Å². The van der Waals surface area contributed by atoms with Crippen molar-refractivity contribution in [2.45, 2.75) is 0 Å². The minimum atomic E-state index is 1.75. The van der Waals surface area contributed by atoms with Crippen LogP contribution in [-0.4, -0.2) is 20.4 Å². The molecule has 0 fully saturated rings. The monoisotopic (exact) mass is 73.1 g/mol. The fourth-order valence-electron chi connectivity index (χ4n) is 0.144. The second kappa shape index (κ2) is 3.47. The van der Waals surface area contributed by atoms with Gasteiger partial charge in [0.1, 0.15) is 0 Å². The van der Waals surface area contributed by atoms with Crippen LogP contribution in [0.1, 0.15) is 0 Å². The lowest BCUT2D eigenvalue weighted by Gasteiger charge is -1.66. The molecule has 0 radical (unpaired) electrons. The van der Waals surface area contributed by atoms with E-state index in [1.807, 2.05) is 14.1 Å². The maximum absolute atomic E-state index is 2.78. The van der Waals surface area contributed by atoms with Crippen molar-refractivity contribution in [1.82, 2.24) is 5.32 Å². The third-order valence-corrected chi connectivity index (χ3v) is 0.289. The van der Waals surface area contributed by atoms with Crippen LogP contribution in [-0.2, 0) is 0 Å². The normalized spacial score (nSPS) is 9.20. The van der Waals surface area contributed by atoms with Crippen molar-refractivity contribution in [3.63, 3.8) is 0 Å². The SMILES string of the molecule is CNC=[NH+]C. The second-order valence-corrected chi connectivity index (χ2v) is 0.722. The topological polar surface area (TPSA) is 26.0 Å². The molecule has 0 spiro atoms. The number of rotatable bonds is 1. The molecule has 0 rings (SSSR count). The fraction of sp³-hybridized carbons (Fsp3) is 0.667. The first kappa shape index (κ1) is 4.47. The van der Waals surface area contributed by atoms with E-state index in [4.69, 9.17) is 0 Å². The lowest BCUT2D eigenvalue weighted by molar-refractivity contribution is -0.416. The van der Waals surface area contributed by atoms with Crippen molar-refractivity contribution >= 4 is 6.34 Å². The quantitative estimate of drug-likeness (QED) is 0.271. The molecular weight excluding hydrogens is 64.0 g/mol. The molecule has 0 aliphatic carbocycles. The summed E-state index contributed by atoms with van der Waals surface area (Å²) in [7, 11) is 3.69. The van der Waals surface area contributed by atoms with Gasteiger partial charge in [-0.05, 0) is 0 Å². The summed E-state index contributed by atoms with van der Waals surface area (Å²) in [5, 5.41) is 2.78. The molecule has 5 heavy (non-hydrogen) atoms. The van der Waals surface area contributed by atoms with E-state index >= 15 is 0 Å². The highest BCUT2D eigenvalue weighted by atomic mass is 14.9. The van der Waals surface area contributed by atoms with Gasteiger partial charge in [-0.3, -0.25) is 10.3 Å². The van der Waals surface area contributed by atoms with Crippen molar-refractivity contribution in [1.29, 1.82) is 0 Å². The van der Waals surface area contributed by atoms with Gasteiger partial charge in [0.25, 0.3) is 0 Å². The summed E-state index contributed by atoms with van der Waals surface area (Å²) in [5.74, 6) is 0. The average Bonchev–Trinajstić information content (AvgIpc) is 1.41. The zero-order valence-corrected chi connectivity index (χ0v) is 3.58. The molecule has 0 amide bonds. The van der Waals surface area contributed by atoms with Crippen molar-refractivity contribution in [2.75, 3.05) is 14.1 Å². The first-order valence-corrected chi connectivity index (χ1v) is 1.58. The van der Waals surface area contributed by atoms with E-state index < -0.39 is 0 Å². The van der Waals surface area contributed by atoms with Gasteiger partial charge < -0.3 is 0 Å². The van der Waals surface area contributed by atoms with E-state index in [-0.39, 0.29) is 0 Å². The number of nitrogens with one attached hydrogen (secondary N) is 2. The predicted octanol–water partition coefficient (Wildman–Crippen LogP) is -2.06. The zero-order valence-electron chi connectivity index (χ0n) is 3.58. The number of hydrogen-bond donors (Lipinski definition) is 2.